The first-order valence-electron chi connectivity index (χ1n) is 9.94. The van der Waals surface area contributed by atoms with Gasteiger partial charge in [0.25, 0.3) is 0 Å². The summed E-state index contributed by atoms with van der Waals surface area (Å²) < 4.78 is 18.3. The first kappa shape index (κ1) is 20.5. The van der Waals surface area contributed by atoms with E-state index in [1.165, 1.54) is 5.56 Å². The highest BCUT2D eigenvalue weighted by Crippen LogP contribution is 2.43. The molecule has 2 aromatic rings. The summed E-state index contributed by atoms with van der Waals surface area (Å²) in [4.78, 5) is 0. The maximum Gasteiger partial charge on any atom is 0.250 e. The highest BCUT2D eigenvalue weighted by Gasteiger charge is 2.40. The second kappa shape index (κ2) is 8.04. The zero-order valence-electron chi connectivity index (χ0n) is 17.9. The maximum absolute atomic E-state index is 6.72. The van der Waals surface area contributed by atoms with Crippen LogP contribution in [0.2, 0.25) is 18.1 Å². The average molecular weight is 397 g/mol. The number of allylic oxidation sites excluding steroid dienone is 2. The van der Waals surface area contributed by atoms with Crippen molar-refractivity contribution in [2.45, 2.75) is 57.2 Å². The van der Waals surface area contributed by atoms with Crippen LogP contribution in [0.1, 0.15) is 50.4 Å². The number of rotatable bonds is 5. The Kier molecular flexibility index (Phi) is 5.89. The van der Waals surface area contributed by atoms with Gasteiger partial charge >= 0.3 is 0 Å². The quantitative estimate of drug-likeness (QED) is 0.511. The SMILES string of the molecule is COC1=C[C@H](c2ccco2)[C@@H](c2ccccc2)C=C(O[Si](C)(C)C(C)(C)C)C1. The minimum atomic E-state index is -1.95. The zero-order chi connectivity index (χ0) is 20.4. The molecule has 1 aromatic carbocycles. The molecular formula is C24H32O3Si. The second-order valence-electron chi connectivity index (χ2n) is 8.99. The molecule has 1 aromatic heterocycles. The molecule has 0 bridgehead atoms. The highest BCUT2D eigenvalue weighted by atomic mass is 28.4. The fraction of sp³-hybridized carbons (Fsp3) is 0.417. The summed E-state index contributed by atoms with van der Waals surface area (Å²) in [6, 6.07) is 14.6. The fourth-order valence-electron chi connectivity index (χ4n) is 3.31. The van der Waals surface area contributed by atoms with E-state index in [4.69, 9.17) is 13.6 Å². The van der Waals surface area contributed by atoms with Gasteiger partial charge in [0.15, 0.2) is 0 Å². The zero-order valence-corrected chi connectivity index (χ0v) is 18.9. The lowest BCUT2D eigenvalue weighted by Gasteiger charge is -2.37. The number of hydrogen-bond acceptors (Lipinski definition) is 3. The predicted octanol–water partition coefficient (Wildman–Crippen LogP) is 6.99. The average Bonchev–Trinajstić information content (AvgIpc) is 3.11. The predicted molar refractivity (Wildman–Crippen MR) is 117 cm³/mol. The van der Waals surface area contributed by atoms with Crippen LogP contribution in [-0.4, -0.2) is 15.4 Å². The minimum absolute atomic E-state index is 0.0628. The Morgan fingerprint density at radius 1 is 0.929 bits per heavy atom. The van der Waals surface area contributed by atoms with Crippen LogP contribution in [-0.2, 0) is 9.16 Å². The normalized spacial score (nSPS) is 20.8. The lowest BCUT2D eigenvalue weighted by molar-refractivity contribution is 0.264. The molecule has 150 valence electrons. The van der Waals surface area contributed by atoms with Crippen molar-refractivity contribution in [3.05, 3.63) is 83.7 Å². The van der Waals surface area contributed by atoms with Gasteiger partial charge in [-0.2, -0.15) is 0 Å². The monoisotopic (exact) mass is 396 g/mol. The van der Waals surface area contributed by atoms with Crippen LogP contribution in [0, 0.1) is 0 Å². The van der Waals surface area contributed by atoms with Gasteiger partial charge in [0.1, 0.15) is 5.76 Å². The molecule has 0 saturated carbocycles. The van der Waals surface area contributed by atoms with Crippen molar-refractivity contribution in [1.82, 2.24) is 0 Å². The number of ether oxygens (including phenoxy) is 1. The topological polar surface area (TPSA) is 31.6 Å². The number of hydrogen-bond donors (Lipinski definition) is 0. The summed E-state index contributed by atoms with van der Waals surface area (Å²) in [6.45, 7) is 11.4. The van der Waals surface area contributed by atoms with Crippen molar-refractivity contribution in [3.8, 4) is 0 Å². The minimum Gasteiger partial charge on any atom is -0.546 e. The Bertz CT molecular complexity index is 826. The van der Waals surface area contributed by atoms with E-state index in [9.17, 15) is 0 Å². The summed E-state index contributed by atoms with van der Waals surface area (Å²) in [5, 5.41) is 0.139. The third-order valence-corrected chi connectivity index (χ3v) is 10.4. The fourth-order valence-corrected chi connectivity index (χ4v) is 4.41. The molecule has 0 radical (unpaired) electrons. The third-order valence-electron chi connectivity index (χ3n) is 5.98. The van der Waals surface area contributed by atoms with E-state index in [1.807, 2.05) is 12.1 Å². The van der Waals surface area contributed by atoms with Crippen molar-refractivity contribution in [2.24, 2.45) is 0 Å². The van der Waals surface area contributed by atoms with Gasteiger partial charge in [-0.05, 0) is 48.0 Å². The van der Waals surface area contributed by atoms with E-state index in [0.717, 1.165) is 17.3 Å². The molecule has 0 saturated heterocycles. The van der Waals surface area contributed by atoms with Crippen molar-refractivity contribution < 1.29 is 13.6 Å². The molecule has 1 aliphatic carbocycles. The number of furan rings is 1. The van der Waals surface area contributed by atoms with Gasteiger partial charge in [-0.15, -0.1) is 0 Å². The Balaban J connectivity index is 2.07. The standard InChI is InChI=1S/C24H32O3Si/c1-24(2,3)28(5,6)27-20-15-19(25-4)16-22(23-13-10-14-26-23)21(17-20)18-11-8-7-9-12-18/h7-14,16-17,21-22H,15H2,1-6H3/t21-,22+/m1/s1. The van der Waals surface area contributed by atoms with Gasteiger partial charge in [0.05, 0.1) is 31.3 Å². The molecule has 0 aliphatic heterocycles. The second-order valence-corrected chi connectivity index (χ2v) is 13.7. The highest BCUT2D eigenvalue weighted by molar-refractivity contribution is 6.74. The van der Waals surface area contributed by atoms with Crippen molar-refractivity contribution in [2.75, 3.05) is 7.11 Å². The third kappa shape index (κ3) is 4.44. The van der Waals surface area contributed by atoms with Crippen LogP contribution >= 0.6 is 0 Å². The van der Waals surface area contributed by atoms with Crippen molar-refractivity contribution >= 4 is 8.32 Å². The van der Waals surface area contributed by atoms with Crippen LogP contribution in [0.15, 0.2) is 76.8 Å². The molecule has 0 fully saturated rings. The molecule has 0 N–H and O–H groups in total. The van der Waals surface area contributed by atoms with E-state index in [0.29, 0.717) is 6.42 Å². The van der Waals surface area contributed by atoms with Crippen LogP contribution in [0.25, 0.3) is 0 Å². The summed E-state index contributed by atoms with van der Waals surface area (Å²) in [5.41, 5.74) is 1.24. The number of methoxy groups -OCH3 is 1. The summed E-state index contributed by atoms with van der Waals surface area (Å²) in [5.74, 6) is 3.05. The molecule has 3 rings (SSSR count). The Morgan fingerprint density at radius 2 is 1.61 bits per heavy atom. The van der Waals surface area contributed by atoms with E-state index in [-0.39, 0.29) is 16.9 Å². The smallest absolute Gasteiger partial charge is 0.250 e. The van der Waals surface area contributed by atoms with Crippen LogP contribution in [0.4, 0.5) is 0 Å². The molecule has 3 nitrogen and oxygen atoms in total. The van der Waals surface area contributed by atoms with Gasteiger partial charge in [-0.25, -0.2) is 0 Å². The maximum atomic E-state index is 6.72. The van der Waals surface area contributed by atoms with Crippen molar-refractivity contribution in [3.63, 3.8) is 0 Å². The molecule has 0 amide bonds. The van der Waals surface area contributed by atoms with Gasteiger partial charge in [-0.3, -0.25) is 0 Å². The van der Waals surface area contributed by atoms with E-state index >= 15 is 0 Å². The summed E-state index contributed by atoms with van der Waals surface area (Å²) in [7, 11) is -0.216. The lowest BCUT2D eigenvalue weighted by Crippen LogP contribution is -2.40. The first-order valence-corrected chi connectivity index (χ1v) is 12.8. The van der Waals surface area contributed by atoms with Gasteiger partial charge in [-0.1, -0.05) is 51.1 Å². The molecule has 1 aliphatic rings. The first-order chi connectivity index (χ1) is 13.2. The summed E-state index contributed by atoms with van der Waals surface area (Å²) >= 11 is 0. The lowest BCUT2D eigenvalue weighted by atomic mass is 9.84. The Labute approximate surface area is 170 Å². The van der Waals surface area contributed by atoms with E-state index < -0.39 is 8.32 Å². The Hall–Kier alpha value is -2.20. The number of benzene rings is 1. The molecule has 1 heterocycles. The molecule has 0 spiro atoms. The van der Waals surface area contributed by atoms with E-state index in [1.54, 1.807) is 13.4 Å². The largest absolute Gasteiger partial charge is 0.546 e. The molecular weight excluding hydrogens is 364 g/mol. The van der Waals surface area contributed by atoms with E-state index in [2.05, 4.69) is 76.3 Å². The van der Waals surface area contributed by atoms with Crippen LogP contribution < -0.4 is 0 Å². The van der Waals surface area contributed by atoms with Gasteiger partial charge in [0.2, 0.25) is 8.32 Å². The molecule has 2 atom stereocenters. The van der Waals surface area contributed by atoms with Crippen LogP contribution in [0.5, 0.6) is 0 Å². The van der Waals surface area contributed by atoms with Crippen molar-refractivity contribution in [1.29, 1.82) is 0 Å². The molecule has 28 heavy (non-hydrogen) atoms. The Morgan fingerprint density at radius 3 is 2.18 bits per heavy atom. The molecule has 4 heteroatoms. The van der Waals surface area contributed by atoms with Gasteiger partial charge < -0.3 is 13.6 Å². The van der Waals surface area contributed by atoms with Gasteiger partial charge in [0, 0.05) is 11.8 Å². The molecule has 0 unspecified atom stereocenters. The van der Waals surface area contributed by atoms with Crippen LogP contribution in [0.3, 0.4) is 0 Å². The summed E-state index contributed by atoms with van der Waals surface area (Å²) in [6.07, 6.45) is 6.88.